The average Bonchev–Trinajstić information content (AvgIpc) is 3.47. The van der Waals surface area contributed by atoms with Crippen molar-refractivity contribution >= 4 is 34.6 Å². The molecule has 0 aromatic carbocycles. The number of esters is 2. The summed E-state index contributed by atoms with van der Waals surface area (Å²) in [5.74, 6) is 2.15. The monoisotopic (exact) mass is 402 g/mol. The fourth-order valence-electron chi connectivity index (χ4n) is 5.53. The molecule has 2 heterocycles. The van der Waals surface area contributed by atoms with Crippen molar-refractivity contribution in [3.63, 3.8) is 0 Å². The number of carbonyl (C=O) groups is 2. The third-order valence-electron chi connectivity index (χ3n) is 6.66. The van der Waals surface area contributed by atoms with Crippen molar-refractivity contribution in [2.75, 3.05) is 0 Å². The van der Waals surface area contributed by atoms with E-state index >= 15 is 0 Å². The normalized spacial score (nSPS) is 34.2. The van der Waals surface area contributed by atoms with Crippen molar-refractivity contribution in [1.29, 1.82) is 0 Å². The molecule has 5 rings (SSSR count). The van der Waals surface area contributed by atoms with E-state index < -0.39 is 0 Å². The molecule has 0 aliphatic heterocycles. The summed E-state index contributed by atoms with van der Waals surface area (Å²) in [6.45, 7) is 0. The molecule has 3 fully saturated rings. The first kappa shape index (κ1) is 17.4. The van der Waals surface area contributed by atoms with Crippen LogP contribution in [0.3, 0.4) is 0 Å². The number of rotatable bonds is 4. The minimum absolute atomic E-state index is 0.297. The minimum atomic E-state index is -0.343. The van der Waals surface area contributed by atoms with Crippen molar-refractivity contribution < 1.29 is 19.1 Å². The lowest BCUT2D eigenvalue weighted by Gasteiger charge is -2.42. The molecule has 6 unspecified atom stereocenters. The van der Waals surface area contributed by atoms with Crippen LogP contribution < -0.4 is 0 Å². The molecule has 0 saturated heterocycles. The topological polar surface area (TPSA) is 52.6 Å². The predicted octanol–water partition coefficient (Wildman–Crippen LogP) is 5.02. The van der Waals surface area contributed by atoms with Gasteiger partial charge in [-0.3, -0.25) is 0 Å². The Bertz CT molecular complexity index is 745. The number of fused-ring (bicyclic) bond motifs is 5. The zero-order valence-electron chi connectivity index (χ0n) is 14.9. The minimum Gasteiger partial charge on any atom is -0.454 e. The Morgan fingerprint density at radius 3 is 1.67 bits per heavy atom. The van der Waals surface area contributed by atoms with Crippen molar-refractivity contribution in [3.05, 3.63) is 44.8 Å². The molecule has 2 bridgehead atoms. The molecule has 3 aliphatic rings. The predicted molar refractivity (Wildman–Crippen MR) is 104 cm³/mol. The highest BCUT2D eigenvalue weighted by molar-refractivity contribution is 7.12. The standard InChI is InChI=1S/C21H22O4S2/c22-20(18-3-1-7-26-18)24-16-10-14-12-5-6-13(9-12)15(14)11-17(16)25-21(23)19-4-2-8-27-19/h1-4,7-8,12-17H,5-6,9-11H2. The van der Waals surface area contributed by atoms with E-state index in [4.69, 9.17) is 9.47 Å². The van der Waals surface area contributed by atoms with Gasteiger partial charge in [-0.2, -0.15) is 0 Å². The van der Waals surface area contributed by atoms with E-state index in [9.17, 15) is 9.59 Å². The van der Waals surface area contributed by atoms with Gasteiger partial charge in [0.1, 0.15) is 22.0 Å². The van der Waals surface area contributed by atoms with Crippen LogP contribution in [0.25, 0.3) is 0 Å². The summed E-state index contributed by atoms with van der Waals surface area (Å²) in [5, 5.41) is 3.75. The van der Waals surface area contributed by atoms with Crippen LogP contribution in [-0.2, 0) is 9.47 Å². The van der Waals surface area contributed by atoms with Gasteiger partial charge in [-0.15, -0.1) is 22.7 Å². The third kappa shape index (κ3) is 3.23. The maximum absolute atomic E-state index is 12.5. The first-order chi connectivity index (χ1) is 13.2. The van der Waals surface area contributed by atoms with Gasteiger partial charge in [0, 0.05) is 0 Å². The number of hydrogen-bond acceptors (Lipinski definition) is 6. The van der Waals surface area contributed by atoms with Gasteiger partial charge in [0.25, 0.3) is 0 Å². The van der Waals surface area contributed by atoms with Crippen molar-refractivity contribution in [3.8, 4) is 0 Å². The van der Waals surface area contributed by atoms with Gasteiger partial charge in [-0.1, -0.05) is 12.1 Å². The lowest BCUT2D eigenvalue weighted by Crippen LogP contribution is -2.45. The highest BCUT2D eigenvalue weighted by Crippen LogP contribution is 2.58. The molecule has 6 atom stereocenters. The van der Waals surface area contributed by atoms with Gasteiger partial charge in [-0.25, -0.2) is 9.59 Å². The Morgan fingerprint density at radius 2 is 1.26 bits per heavy atom. The number of carbonyl (C=O) groups excluding carboxylic acids is 2. The van der Waals surface area contributed by atoms with Crippen LogP contribution in [0.15, 0.2) is 35.0 Å². The van der Waals surface area contributed by atoms with Crippen LogP contribution in [0.1, 0.15) is 51.4 Å². The number of hydrogen-bond donors (Lipinski definition) is 0. The van der Waals surface area contributed by atoms with E-state index in [0.717, 1.165) is 24.7 Å². The summed E-state index contributed by atoms with van der Waals surface area (Å²) in [6, 6.07) is 7.26. The molecule has 0 amide bonds. The Hall–Kier alpha value is -1.66. The highest BCUT2D eigenvalue weighted by atomic mass is 32.1. The van der Waals surface area contributed by atoms with Gasteiger partial charge < -0.3 is 9.47 Å². The molecule has 2 aromatic heterocycles. The summed E-state index contributed by atoms with van der Waals surface area (Å²) in [6.07, 6.45) is 4.87. The molecule has 0 N–H and O–H groups in total. The fraction of sp³-hybridized carbons (Fsp3) is 0.524. The Labute approximate surface area is 166 Å². The lowest BCUT2D eigenvalue weighted by molar-refractivity contribution is -0.0819. The maximum atomic E-state index is 12.5. The number of ether oxygens (including phenoxy) is 2. The summed E-state index contributed by atoms with van der Waals surface area (Å²) in [7, 11) is 0. The molecule has 27 heavy (non-hydrogen) atoms. The molecule has 4 nitrogen and oxygen atoms in total. The second-order valence-corrected chi connectivity index (χ2v) is 9.87. The van der Waals surface area contributed by atoms with E-state index in [1.54, 1.807) is 12.1 Å². The fourth-order valence-corrected chi connectivity index (χ4v) is 6.74. The first-order valence-corrected chi connectivity index (χ1v) is 11.4. The van der Waals surface area contributed by atoms with Gasteiger partial charge in [-0.05, 0) is 78.7 Å². The van der Waals surface area contributed by atoms with Crippen LogP contribution in [0, 0.1) is 23.7 Å². The van der Waals surface area contributed by atoms with E-state index in [1.165, 1.54) is 41.9 Å². The third-order valence-corrected chi connectivity index (χ3v) is 8.36. The maximum Gasteiger partial charge on any atom is 0.348 e. The Morgan fingerprint density at radius 1 is 0.778 bits per heavy atom. The molecule has 3 saturated carbocycles. The summed E-state index contributed by atoms with van der Waals surface area (Å²) in [5.41, 5.74) is 0. The zero-order valence-corrected chi connectivity index (χ0v) is 16.5. The molecule has 0 spiro atoms. The Kier molecular flexibility index (Phi) is 4.56. The van der Waals surface area contributed by atoms with Crippen LogP contribution in [0.4, 0.5) is 0 Å². The van der Waals surface area contributed by atoms with E-state index in [0.29, 0.717) is 21.6 Å². The second kappa shape index (κ2) is 7.06. The molecule has 3 aliphatic carbocycles. The van der Waals surface area contributed by atoms with Crippen molar-refractivity contribution in [2.24, 2.45) is 23.7 Å². The quantitative estimate of drug-likeness (QED) is 0.674. The van der Waals surface area contributed by atoms with Crippen LogP contribution in [-0.4, -0.2) is 24.1 Å². The summed E-state index contributed by atoms with van der Waals surface area (Å²) < 4.78 is 11.8. The first-order valence-electron chi connectivity index (χ1n) is 9.68. The molecular weight excluding hydrogens is 380 g/mol. The SMILES string of the molecule is O=C(OC1CC2C3CCC(C3)C2CC1OC(=O)c1cccs1)c1cccs1. The van der Waals surface area contributed by atoms with Crippen LogP contribution in [0.2, 0.25) is 0 Å². The largest absolute Gasteiger partial charge is 0.454 e. The van der Waals surface area contributed by atoms with Gasteiger partial charge in [0.15, 0.2) is 0 Å². The smallest absolute Gasteiger partial charge is 0.348 e. The van der Waals surface area contributed by atoms with E-state index in [2.05, 4.69) is 0 Å². The molecule has 0 radical (unpaired) electrons. The van der Waals surface area contributed by atoms with Crippen LogP contribution in [0.5, 0.6) is 0 Å². The van der Waals surface area contributed by atoms with Crippen molar-refractivity contribution in [2.45, 2.75) is 44.3 Å². The van der Waals surface area contributed by atoms with Crippen LogP contribution >= 0.6 is 22.7 Å². The van der Waals surface area contributed by atoms with E-state index in [1.807, 2.05) is 22.9 Å². The second-order valence-electron chi connectivity index (χ2n) is 7.97. The number of thiophene rings is 2. The van der Waals surface area contributed by atoms with Crippen molar-refractivity contribution in [1.82, 2.24) is 0 Å². The molecule has 142 valence electrons. The van der Waals surface area contributed by atoms with Gasteiger partial charge >= 0.3 is 11.9 Å². The lowest BCUT2D eigenvalue weighted by atomic mass is 9.69. The van der Waals surface area contributed by atoms with Gasteiger partial charge in [0.05, 0.1) is 0 Å². The molecular formula is C21H22O4S2. The Balaban J connectivity index is 1.35. The average molecular weight is 403 g/mol. The van der Waals surface area contributed by atoms with E-state index in [-0.39, 0.29) is 24.1 Å². The molecule has 6 heteroatoms. The highest BCUT2D eigenvalue weighted by Gasteiger charge is 2.53. The van der Waals surface area contributed by atoms with Gasteiger partial charge in [0.2, 0.25) is 0 Å². The molecule has 2 aromatic rings. The summed E-state index contributed by atoms with van der Waals surface area (Å²) >= 11 is 2.77. The zero-order chi connectivity index (χ0) is 18.4. The summed E-state index contributed by atoms with van der Waals surface area (Å²) in [4.78, 5) is 26.3.